The van der Waals surface area contributed by atoms with Crippen LogP contribution in [0.1, 0.15) is 24.2 Å². The molecule has 0 saturated heterocycles. The molecule has 0 bridgehead atoms. The molecule has 1 N–H and O–H groups in total. The Morgan fingerprint density at radius 1 is 1.32 bits per heavy atom. The largest absolute Gasteiger partial charge is 0.389 e. The summed E-state index contributed by atoms with van der Waals surface area (Å²) in [6.45, 7) is 3.33. The molecule has 0 radical (unpaired) electrons. The average molecular weight is 316 g/mol. The normalized spacial score (nSPS) is 12.7. The van der Waals surface area contributed by atoms with E-state index in [9.17, 15) is 9.50 Å². The van der Waals surface area contributed by atoms with Gasteiger partial charge in [0.1, 0.15) is 5.82 Å². The predicted molar refractivity (Wildman–Crippen MR) is 77.6 cm³/mol. The van der Waals surface area contributed by atoms with Gasteiger partial charge in [0.25, 0.3) is 0 Å². The number of aliphatic hydroxyl groups excluding tert-OH is 1. The van der Waals surface area contributed by atoms with Crippen LogP contribution in [0.5, 0.6) is 0 Å². The van der Waals surface area contributed by atoms with Gasteiger partial charge in [0.15, 0.2) is 8.68 Å². The number of aryl methyl sites for hydroxylation is 1. The van der Waals surface area contributed by atoms with Gasteiger partial charge in [-0.15, -0.1) is 10.2 Å². The van der Waals surface area contributed by atoms with Crippen LogP contribution in [0.25, 0.3) is 0 Å². The van der Waals surface area contributed by atoms with Gasteiger partial charge in [0.2, 0.25) is 0 Å². The Morgan fingerprint density at radius 2 is 2.00 bits per heavy atom. The highest BCUT2D eigenvalue weighted by Gasteiger charge is 2.15. The summed E-state index contributed by atoms with van der Waals surface area (Å²) in [6, 6.07) is 3.13. The van der Waals surface area contributed by atoms with Crippen molar-refractivity contribution in [3.8, 4) is 0 Å². The van der Waals surface area contributed by atoms with Gasteiger partial charge in [0, 0.05) is 4.90 Å². The quantitative estimate of drug-likeness (QED) is 0.867. The van der Waals surface area contributed by atoms with E-state index in [1.54, 1.807) is 19.9 Å². The standard InChI is InChI=1S/C12H13FN2OS3/c1-6-4-10(8(7(2)16)5-9(6)13)18-12-15-14-11(17-3)19-12/h4-5,7,16H,1-3H3/t7-/m0/s1. The summed E-state index contributed by atoms with van der Waals surface area (Å²) >= 11 is 4.43. The SMILES string of the molecule is CSc1nnc(Sc2cc(C)c(F)cc2[C@H](C)O)s1. The number of aromatic nitrogens is 2. The summed E-state index contributed by atoms with van der Waals surface area (Å²) in [5.74, 6) is -0.303. The van der Waals surface area contributed by atoms with Crippen molar-refractivity contribution in [3.63, 3.8) is 0 Å². The monoisotopic (exact) mass is 316 g/mol. The zero-order chi connectivity index (χ0) is 14.0. The Morgan fingerprint density at radius 3 is 2.58 bits per heavy atom. The molecule has 0 aliphatic heterocycles. The zero-order valence-electron chi connectivity index (χ0n) is 10.7. The highest BCUT2D eigenvalue weighted by Crippen LogP contribution is 2.37. The maximum Gasteiger partial charge on any atom is 0.179 e. The molecule has 2 rings (SSSR count). The van der Waals surface area contributed by atoms with Crippen LogP contribution in [0.15, 0.2) is 25.7 Å². The first-order valence-corrected chi connectivity index (χ1v) is 8.40. The number of halogens is 1. The fourth-order valence-electron chi connectivity index (χ4n) is 1.50. The fraction of sp³-hybridized carbons (Fsp3) is 0.333. The molecule has 1 aromatic heterocycles. The third-order valence-electron chi connectivity index (χ3n) is 2.50. The number of nitrogens with zero attached hydrogens (tertiary/aromatic N) is 2. The molecule has 2 aromatic rings. The predicted octanol–water partition coefficient (Wildman–Crippen LogP) is 3.91. The van der Waals surface area contributed by atoms with Crippen molar-refractivity contribution in [1.29, 1.82) is 0 Å². The molecule has 102 valence electrons. The third kappa shape index (κ3) is 3.47. The molecule has 0 fully saturated rings. The van der Waals surface area contributed by atoms with E-state index in [-0.39, 0.29) is 5.82 Å². The Labute approximate surface area is 123 Å². The lowest BCUT2D eigenvalue weighted by Crippen LogP contribution is -1.97. The highest BCUT2D eigenvalue weighted by atomic mass is 32.2. The van der Waals surface area contributed by atoms with Gasteiger partial charge in [-0.2, -0.15) is 0 Å². The second-order valence-electron chi connectivity index (χ2n) is 3.96. The Kier molecular flexibility index (Phi) is 4.83. The maximum atomic E-state index is 13.6. The van der Waals surface area contributed by atoms with Crippen LogP contribution in [0.3, 0.4) is 0 Å². The molecule has 1 heterocycles. The molecule has 0 aliphatic carbocycles. The van der Waals surface area contributed by atoms with E-state index in [1.807, 2.05) is 6.26 Å². The van der Waals surface area contributed by atoms with Crippen molar-refractivity contribution >= 4 is 34.9 Å². The van der Waals surface area contributed by atoms with Crippen LogP contribution in [-0.2, 0) is 0 Å². The van der Waals surface area contributed by atoms with Crippen LogP contribution in [0.4, 0.5) is 4.39 Å². The zero-order valence-corrected chi connectivity index (χ0v) is 13.1. The number of rotatable bonds is 4. The van der Waals surface area contributed by atoms with Gasteiger partial charge < -0.3 is 5.11 Å². The lowest BCUT2D eigenvalue weighted by atomic mass is 10.1. The Balaban J connectivity index is 2.35. The molecule has 0 saturated carbocycles. The third-order valence-corrected chi connectivity index (χ3v) is 5.52. The minimum Gasteiger partial charge on any atom is -0.389 e. The summed E-state index contributed by atoms with van der Waals surface area (Å²) in [5.41, 5.74) is 1.13. The average Bonchev–Trinajstić information content (AvgIpc) is 2.81. The lowest BCUT2D eigenvalue weighted by molar-refractivity contribution is 0.196. The second kappa shape index (κ2) is 6.21. The van der Waals surface area contributed by atoms with Gasteiger partial charge in [0.05, 0.1) is 6.10 Å². The van der Waals surface area contributed by atoms with Crippen LogP contribution < -0.4 is 0 Å². The van der Waals surface area contributed by atoms with E-state index in [2.05, 4.69) is 10.2 Å². The van der Waals surface area contributed by atoms with Crippen LogP contribution in [0.2, 0.25) is 0 Å². The van der Waals surface area contributed by atoms with Crippen molar-refractivity contribution < 1.29 is 9.50 Å². The Hall–Kier alpha value is -0.630. The van der Waals surface area contributed by atoms with Gasteiger partial charge in [-0.25, -0.2) is 4.39 Å². The number of hydrogen-bond acceptors (Lipinski definition) is 6. The van der Waals surface area contributed by atoms with E-state index in [0.717, 1.165) is 13.6 Å². The first kappa shape index (κ1) is 14.8. The van der Waals surface area contributed by atoms with E-state index < -0.39 is 6.10 Å². The summed E-state index contributed by atoms with van der Waals surface area (Å²) in [7, 11) is 0. The molecule has 7 heteroatoms. The number of benzene rings is 1. The highest BCUT2D eigenvalue weighted by molar-refractivity contribution is 8.03. The van der Waals surface area contributed by atoms with Crippen LogP contribution >= 0.6 is 34.9 Å². The fourth-order valence-corrected chi connectivity index (χ4v) is 4.19. The molecule has 0 spiro atoms. The van der Waals surface area contributed by atoms with Crippen molar-refractivity contribution in [2.75, 3.05) is 6.26 Å². The van der Waals surface area contributed by atoms with E-state index in [0.29, 0.717) is 11.1 Å². The van der Waals surface area contributed by atoms with Crippen molar-refractivity contribution in [3.05, 3.63) is 29.1 Å². The summed E-state index contributed by atoms with van der Waals surface area (Å²) in [6.07, 6.45) is 1.23. The summed E-state index contributed by atoms with van der Waals surface area (Å²) in [5, 5.41) is 17.8. The van der Waals surface area contributed by atoms with E-state index in [4.69, 9.17) is 0 Å². The summed E-state index contributed by atoms with van der Waals surface area (Å²) < 4.78 is 15.2. The minimum absolute atomic E-state index is 0.303. The summed E-state index contributed by atoms with van der Waals surface area (Å²) in [4.78, 5) is 0.817. The molecule has 0 aliphatic rings. The lowest BCUT2D eigenvalue weighted by Gasteiger charge is -2.12. The van der Waals surface area contributed by atoms with Gasteiger partial charge in [-0.1, -0.05) is 34.9 Å². The molecule has 0 amide bonds. The number of aliphatic hydroxyl groups is 1. The molecule has 0 unspecified atom stereocenters. The number of hydrogen-bond donors (Lipinski definition) is 1. The first-order valence-electron chi connectivity index (χ1n) is 5.54. The second-order valence-corrected chi connectivity index (χ2v) is 7.28. The van der Waals surface area contributed by atoms with Crippen molar-refractivity contribution in [2.24, 2.45) is 0 Å². The topological polar surface area (TPSA) is 46.0 Å². The van der Waals surface area contributed by atoms with Crippen molar-refractivity contribution in [2.45, 2.75) is 33.5 Å². The van der Waals surface area contributed by atoms with Gasteiger partial charge in [-0.3, -0.25) is 0 Å². The van der Waals surface area contributed by atoms with Crippen molar-refractivity contribution in [1.82, 2.24) is 10.2 Å². The molecule has 1 aromatic carbocycles. The smallest absolute Gasteiger partial charge is 0.179 e. The maximum absolute atomic E-state index is 13.6. The molecule has 19 heavy (non-hydrogen) atoms. The minimum atomic E-state index is -0.717. The van der Waals surface area contributed by atoms with E-state index >= 15 is 0 Å². The first-order chi connectivity index (χ1) is 9.01. The number of thioether (sulfide) groups is 1. The van der Waals surface area contributed by atoms with Crippen LogP contribution in [-0.4, -0.2) is 21.6 Å². The molecule has 3 nitrogen and oxygen atoms in total. The Bertz CT molecular complexity index is 586. The van der Waals surface area contributed by atoms with Crippen LogP contribution in [0, 0.1) is 12.7 Å². The molecular weight excluding hydrogens is 303 g/mol. The molecule has 1 atom stereocenters. The van der Waals surface area contributed by atoms with Gasteiger partial charge >= 0.3 is 0 Å². The van der Waals surface area contributed by atoms with E-state index in [1.165, 1.54) is 40.9 Å². The van der Waals surface area contributed by atoms with Gasteiger partial charge in [-0.05, 0) is 43.4 Å². The molecular formula is C12H13FN2OS3.